The third-order valence-electron chi connectivity index (χ3n) is 3.53. The second kappa shape index (κ2) is 4.85. The van der Waals surface area contributed by atoms with Crippen LogP contribution in [0, 0.1) is 11.3 Å². The summed E-state index contributed by atoms with van der Waals surface area (Å²) in [6.07, 6.45) is 2.19. The summed E-state index contributed by atoms with van der Waals surface area (Å²) < 4.78 is 0. The molecule has 1 aliphatic rings. The van der Waals surface area contributed by atoms with E-state index >= 15 is 0 Å². The molecule has 96 valence electrons. The van der Waals surface area contributed by atoms with Crippen molar-refractivity contribution in [2.75, 3.05) is 7.05 Å². The number of carbonyl (C=O) groups excluding carboxylic acids is 3. The zero-order valence-electron chi connectivity index (χ0n) is 10.9. The van der Waals surface area contributed by atoms with Crippen molar-refractivity contribution in [1.29, 1.82) is 0 Å². The summed E-state index contributed by atoms with van der Waals surface area (Å²) in [7, 11) is 1.41. The van der Waals surface area contributed by atoms with Crippen LogP contribution in [0.15, 0.2) is 0 Å². The number of urea groups is 1. The fourth-order valence-electron chi connectivity index (χ4n) is 2.26. The van der Waals surface area contributed by atoms with Gasteiger partial charge < -0.3 is 0 Å². The van der Waals surface area contributed by atoms with Crippen molar-refractivity contribution in [2.24, 2.45) is 11.3 Å². The molecule has 0 aromatic carbocycles. The van der Waals surface area contributed by atoms with Crippen LogP contribution in [-0.4, -0.2) is 29.8 Å². The standard InChI is InChI=1S/C12H20N2O3/c1-5-6-7-12(8(2)3)9(15)13-11(17)14(4)10(12)16/h8H,5-7H2,1-4H3,(H,13,15,17)/t12-/m1/s1. The number of carbonyl (C=O) groups is 3. The second-order valence-corrected chi connectivity index (χ2v) is 4.85. The molecule has 0 aromatic heterocycles. The molecule has 0 radical (unpaired) electrons. The Kier molecular flexibility index (Phi) is 3.91. The fraction of sp³-hybridized carbons (Fsp3) is 0.750. The van der Waals surface area contributed by atoms with Gasteiger partial charge in [0.1, 0.15) is 5.41 Å². The Morgan fingerprint density at radius 2 is 1.88 bits per heavy atom. The molecule has 1 atom stereocenters. The van der Waals surface area contributed by atoms with E-state index in [9.17, 15) is 14.4 Å². The van der Waals surface area contributed by atoms with E-state index in [1.54, 1.807) is 0 Å². The van der Waals surface area contributed by atoms with Crippen molar-refractivity contribution in [1.82, 2.24) is 10.2 Å². The quantitative estimate of drug-likeness (QED) is 0.758. The number of nitrogens with zero attached hydrogens (tertiary/aromatic N) is 1. The average Bonchev–Trinajstić information content (AvgIpc) is 2.26. The molecule has 0 aliphatic carbocycles. The second-order valence-electron chi connectivity index (χ2n) is 4.85. The lowest BCUT2D eigenvalue weighted by atomic mass is 9.70. The summed E-state index contributed by atoms with van der Waals surface area (Å²) in [6, 6.07) is -0.632. The van der Waals surface area contributed by atoms with Gasteiger partial charge in [0.05, 0.1) is 0 Å². The van der Waals surface area contributed by atoms with Gasteiger partial charge in [0, 0.05) is 7.05 Å². The predicted molar refractivity (Wildman–Crippen MR) is 63.1 cm³/mol. The highest BCUT2D eigenvalue weighted by Crippen LogP contribution is 2.37. The third kappa shape index (κ3) is 2.06. The van der Waals surface area contributed by atoms with Gasteiger partial charge in [-0.25, -0.2) is 4.79 Å². The predicted octanol–water partition coefficient (Wildman–Crippen LogP) is 1.53. The van der Waals surface area contributed by atoms with Crippen molar-refractivity contribution in [2.45, 2.75) is 40.0 Å². The average molecular weight is 240 g/mol. The van der Waals surface area contributed by atoms with Crippen molar-refractivity contribution < 1.29 is 14.4 Å². The maximum atomic E-state index is 12.3. The number of hydrogen-bond acceptors (Lipinski definition) is 3. The highest BCUT2D eigenvalue weighted by molar-refractivity contribution is 6.19. The van der Waals surface area contributed by atoms with E-state index in [2.05, 4.69) is 5.32 Å². The molecule has 0 spiro atoms. The molecule has 1 fully saturated rings. The van der Waals surface area contributed by atoms with Crippen LogP contribution >= 0.6 is 0 Å². The largest absolute Gasteiger partial charge is 0.330 e. The van der Waals surface area contributed by atoms with E-state index in [1.165, 1.54) is 7.05 Å². The van der Waals surface area contributed by atoms with Crippen LogP contribution in [0.2, 0.25) is 0 Å². The normalized spacial score (nSPS) is 25.5. The van der Waals surface area contributed by atoms with Crippen molar-refractivity contribution in [3.05, 3.63) is 0 Å². The Bertz CT molecular complexity index is 352. The maximum absolute atomic E-state index is 12.3. The molecule has 5 nitrogen and oxygen atoms in total. The molecule has 1 aliphatic heterocycles. The van der Waals surface area contributed by atoms with Crippen LogP contribution in [0.1, 0.15) is 40.0 Å². The molecule has 17 heavy (non-hydrogen) atoms. The minimum absolute atomic E-state index is 0.128. The van der Waals surface area contributed by atoms with E-state index in [-0.39, 0.29) is 11.8 Å². The molecule has 0 saturated carbocycles. The van der Waals surface area contributed by atoms with Gasteiger partial charge in [-0.3, -0.25) is 19.8 Å². The van der Waals surface area contributed by atoms with Gasteiger partial charge in [0.2, 0.25) is 11.8 Å². The lowest BCUT2D eigenvalue weighted by Crippen LogP contribution is -2.64. The number of amides is 4. The van der Waals surface area contributed by atoms with Crippen LogP contribution in [0.25, 0.3) is 0 Å². The third-order valence-corrected chi connectivity index (χ3v) is 3.53. The first-order valence-corrected chi connectivity index (χ1v) is 6.01. The molecule has 1 heterocycles. The topological polar surface area (TPSA) is 66.5 Å². The van der Waals surface area contributed by atoms with E-state index in [0.717, 1.165) is 17.7 Å². The molecular formula is C12H20N2O3. The molecule has 1 N–H and O–H groups in total. The number of nitrogens with one attached hydrogen (secondary N) is 1. The van der Waals surface area contributed by atoms with Crippen LogP contribution in [0.5, 0.6) is 0 Å². The minimum atomic E-state index is -1.08. The lowest BCUT2D eigenvalue weighted by Gasteiger charge is -2.40. The Balaban J connectivity index is 3.13. The number of hydrogen-bond donors (Lipinski definition) is 1. The summed E-state index contributed by atoms with van der Waals surface area (Å²) >= 11 is 0. The summed E-state index contributed by atoms with van der Waals surface area (Å²) in [5.74, 6) is -0.958. The maximum Gasteiger partial charge on any atom is 0.330 e. The molecule has 1 saturated heterocycles. The van der Waals surface area contributed by atoms with Gasteiger partial charge >= 0.3 is 6.03 Å². The molecule has 4 amide bonds. The summed E-state index contributed by atoms with van der Waals surface area (Å²) in [4.78, 5) is 36.7. The van der Waals surface area contributed by atoms with Crippen molar-refractivity contribution >= 4 is 17.8 Å². The van der Waals surface area contributed by atoms with Crippen molar-refractivity contribution in [3.8, 4) is 0 Å². The van der Waals surface area contributed by atoms with Gasteiger partial charge in [-0.15, -0.1) is 0 Å². The van der Waals surface area contributed by atoms with Gasteiger partial charge in [-0.1, -0.05) is 33.6 Å². The van der Waals surface area contributed by atoms with Crippen LogP contribution in [0.4, 0.5) is 4.79 Å². The monoisotopic (exact) mass is 240 g/mol. The van der Waals surface area contributed by atoms with E-state index < -0.39 is 17.4 Å². The Labute approximate surface area is 102 Å². The SMILES string of the molecule is CCCC[C@@]1(C(C)C)C(=O)NC(=O)N(C)C1=O. The fourth-order valence-corrected chi connectivity index (χ4v) is 2.26. The number of rotatable bonds is 4. The summed E-state index contributed by atoms with van der Waals surface area (Å²) in [6.45, 7) is 5.70. The highest BCUT2D eigenvalue weighted by Gasteiger charge is 2.54. The first-order valence-electron chi connectivity index (χ1n) is 6.01. The van der Waals surface area contributed by atoms with E-state index in [0.29, 0.717) is 6.42 Å². The highest BCUT2D eigenvalue weighted by atomic mass is 16.2. The van der Waals surface area contributed by atoms with Crippen molar-refractivity contribution in [3.63, 3.8) is 0 Å². The van der Waals surface area contributed by atoms with Crippen LogP contribution in [0.3, 0.4) is 0 Å². The minimum Gasteiger partial charge on any atom is -0.277 e. The molecule has 0 unspecified atom stereocenters. The van der Waals surface area contributed by atoms with Gasteiger partial charge in [0.15, 0.2) is 0 Å². The molecule has 0 aromatic rings. The Morgan fingerprint density at radius 1 is 1.29 bits per heavy atom. The smallest absolute Gasteiger partial charge is 0.277 e. The van der Waals surface area contributed by atoms with E-state index in [1.807, 2.05) is 20.8 Å². The van der Waals surface area contributed by atoms with Gasteiger partial charge in [0.25, 0.3) is 0 Å². The van der Waals surface area contributed by atoms with Crippen LogP contribution < -0.4 is 5.32 Å². The lowest BCUT2D eigenvalue weighted by molar-refractivity contribution is -0.154. The molecule has 5 heteroatoms. The van der Waals surface area contributed by atoms with Gasteiger partial charge in [-0.2, -0.15) is 0 Å². The molecular weight excluding hydrogens is 220 g/mol. The summed E-state index contributed by atoms with van der Waals surface area (Å²) in [5, 5.41) is 2.27. The Hall–Kier alpha value is -1.39. The number of barbiturate groups is 1. The first-order chi connectivity index (χ1) is 7.87. The zero-order valence-corrected chi connectivity index (χ0v) is 10.9. The molecule has 0 bridgehead atoms. The number of imide groups is 2. The number of unbranched alkanes of at least 4 members (excludes halogenated alkanes) is 1. The van der Waals surface area contributed by atoms with Gasteiger partial charge in [-0.05, 0) is 12.3 Å². The van der Waals surface area contributed by atoms with E-state index in [4.69, 9.17) is 0 Å². The first kappa shape index (κ1) is 13.7. The molecule has 1 rings (SSSR count). The zero-order chi connectivity index (χ0) is 13.2. The Morgan fingerprint density at radius 3 is 2.35 bits per heavy atom. The van der Waals surface area contributed by atoms with Crippen LogP contribution in [-0.2, 0) is 9.59 Å². The summed E-state index contributed by atoms with van der Waals surface area (Å²) in [5.41, 5.74) is -1.08.